The highest BCUT2D eigenvalue weighted by Gasteiger charge is 2.14. The van der Waals surface area contributed by atoms with Crippen molar-refractivity contribution in [3.63, 3.8) is 0 Å². The van der Waals surface area contributed by atoms with E-state index in [9.17, 15) is 9.59 Å². The van der Waals surface area contributed by atoms with E-state index in [4.69, 9.17) is 27.9 Å². The third-order valence-corrected chi connectivity index (χ3v) is 4.45. The number of hydrogen-bond donors (Lipinski definition) is 1. The highest BCUT2D eigenvalue weighted by atomic mass is 35.5. The van der Waals surface area contributed by atoms with Gasteiger partial charge in [0, 0.05) is 28.4 Å². The van der Waals surface area contributed by atoms with Crippen molar-refractivity contribution in [2.75, 3.05) is 0 Å². The number of amides is 1. The number of carbonyl (C=O) groups is 2. The molecule has 2 aromatic carbocycles. The average molecular weight is 404 g/mol. The van der Waals surface area contributed by atoms with E-state index in [0.29, 0.717) is 15.6 Å². The Balaban J connectivity index is 1.57. The van der Waals surface area contributed by atoms with E-state index in [1.807, 2.05) is 18.2 Å². The van der Waals surface area contributed by atoms with Crippen molar-refractivity contribution in [2.24, 2.45) is 0 Å². The van der Waals surface area contributed by atoms with Crippen LogP contribution in [0.15, 0.2) is 60.8 Å². The number of carbonyl (C=O) groups excluding carboxylic acids is 2. The zero-order valence-electron chi connectivity index (χ0n) is 14.1. The quantitative estimate of drug-likeness (QED) is 0.688. The summed E-state index contributed by atoms with van der Waals surface area (Å²) >= 11 is 12.1. The van der Waals surface area contributed by atoms with Crippen LogP contribution < -0.4 is 5.32 Å². The zero-order valence-corrected chi connectivity index (χ0v) is 15.6. The van der Waals surface area contributed by atoms with Gasteiger partial charge in [-0.1, -0.05) is 59.6 Å². The molecule has 0 radical (unpaired) electrons. The van der Waals surface area contributed by atoms with Gasteiger partial charge in [-0.2, -0.15) is 9.78 Å². The fourth-order valence-electron chi connectivity index (χ4n) is 2.28. The van der Waals surface area contributed by atoms with Crippen LogP contribution in [-0.2, 0) is 17.9 Å². The van der Waals surface area contributed by atoms with Gasteiger partial charge in [0.25, 0.3) is 5.91 Å². The summed E-state index contributed by atoms with van der Waals surface area (Å²) in [7, 11) is 0. The molecule has 1 amide bonds. The molecule has 1 N–H and O–H groups in total. The Morgan fingerprint density at radius 3 is 2.26 bits per heavy atom. The summed E-state index contributed by atoms with van der Waals surface area (Å²) in [5.41, 5.74) is 1.56. The lowest BCUT2D eigenvalue weighted by Gasteiger charge is -2.06. The van der Waals surface area contributed by atoms with Crippen molar-refractivity contribution in [1.29, 1.82) is 0 Å². The van der Waals surface area contributed by atoms with Crippen LogP contribution in [0.2, 0.25) is 10.0 Å². The van der Waals surface area contributed by atoms with Crippen molar-refractivity contribution in [1.82, 2.24) is 15.1 Å². The lowest BCUT2D eigenvalue weighted by Crippen LogP contribution is -2.24. The van der Waals surface area contributed by atoms with Gasteiger partial charge >= 0.3 is 6.09 Å². The fourth-order valence-corrected chi connectivity index (χ4v) is 2.67. The number of benzene rings is 2. The van der Waals surface area contributed by atoms with E-state index in [0.717, 1.165) is 10.2 Å². The summed E-state index contributed by atoms with van der Waals surface area (Å²) in [6.45, 7) is 0.259. The minimum Gasteiger partial charge on any atom is -0.443 e. The van der Waals surface area contributed by atoms with Crippen LogP contribution in [0.3, 0.4) is 0 Å². The molecule has 0 spiro atoms. The third-order valence-electron chi connectivity index (χ3n) is 3.71. The molecule has 0 aliphatic carbocycles. The highest BCUT2D eigenvalue weighted by molar-refractivity contribution is 6.31. The lowest BCUT2D eigenvalue weighted by atomic mass is 10.2. The Kier molecular flexibility index (Phi) is 6.11. The summed E-state index contributed by atoms with van der Waals surface area (Å²) in [4.78, 5) is 24.3. The first-order valence-corrected chi connectivity index (χ1v) is 8.78. The maximum atomic E-state index is 12.2. The first-order chi connectivity index (χ1) is 13.0. The predicted molar refractivity (Wildman–Crippen MR) is 102 cm³/mol. The van der Waals surface area contributed by atoms with Crippen LogP contribution in [0.1, 0.15) is 21.6 Å². The van der Waals surface area contributed by atoms with Gasteiger partial charge in [0.05, 0.1) is 0 Å². The van der Waals surface area contributed by atoms with Gasteiger partial charge in [-0.05, 0) is 23.8 Å². The van der Waals surface area contributed by atoms with Crippen LogP contribution >= 0.6 is 23.2 Å². The molecule has 0 aliphatic rings. The zero-order chi connectivity index (χ0) is 19.2. The molecule has 8 heteroatoms. The van der Waals surface area contributed by atoms with Crippen LogP contribution in [0, 0.1) is 0 Å². The fraction of sp³-hybridized carbons (Fsp3) is 0.105. The van der Waals surface area contributed by atoms with Gasteiger partial charge in [0.2, 0.25) is 0 Å². The smallest absolute Gasteiger partial charge is 0.435 e. The van der Waals surface area contributed by atoms with Crippen LogP contribution in [0.4, 0.5) is 4.79 Å². The molecular weight excluding hydrogens is 389 g/mol. The number of aromatic nitrogens is 2. The van der Waals surface area contributed by atoms with Gasteiger partial charge in [0.15, 0.2) is 5.69 Å². The van der Waals surface area contributed by atoms with E-state index in [1.165, 1.54) is 12.3 Å². The first-order valence-electron chi connectivity index (χ1n) is 8.02. The van der Waals surface area contributed by atoms with Crippen molar-refractivity contribution < 1.29 is 14.3 Å². The Morgan fingerprint density at radius 1 is 0.963 bits per heavy atom. The highest BCUT2D eigenvalue weighted by Crippen LogP contribution is 2.16. The number of halogens is 2. The molecule has 0 atom stereocenters. The average Bonchev–Trinajstić information content (AvgIpc) is 3.17. The number of rotatable bonds is 5. The summed E-state index contributed by atoms with van der Waals surface area (Å²) in [5.74, 6) is -0.424. The van der Waals surface area contributed by atoms with Gasteiger partial charge in [-0.25, -0.2) is 4.79 Å². The molecule has 0 bridgehead atoms. The molecular formula is C19H15Cl2N3O3. The minimum absolute atomic E-state index is 0.00635. The van der Waals surface area contributed by atoms with Crippen molar-refractivity contribution in [2.45, 2.75) is 13.2 Å². The van der Waals surface area contributed by atoms with E-state index in [1.54, 1.807) is 30.3 Å². The Morgan fingerprint density at radius 2 is 1.59 bits per heavy atom. The second-order valence-corrected chi connectivity index (χ2v) is 6.38. The second-order valence-electron chi connectivity index (χ2n) is 5.57. The molecule has 0 unspecified atom stereocenters. The van der Waals surface area contributed by atoms with Crippen LogP contribution in [0.5, 0.6) is 0 Å². The number of hydrogen-bond acceptors (Lipinski definition) is 4. The minimum atomic E-state index is -0.708. The maximum absolute atomic E-state index is 12.2. The SMILES string of the molecule is O=C(NCc1ccccc1Cl)c1ccn(C(=O)OCc2ccccc2Cl)n1. The van der Waals surface area contributed by atoms with E-state index in [-0.39, 0.29) is 18.8 Å². The molecule has 0 aliphatic heterocycles. The molecule has 1 heterocycles. The Bertz CT molecular complexity index is 896. The lowest BCUT2D eigenvalue weighted by molar-refractivity contribution is 0.0945. The molecule has 138 valence electrons. The van der Waals surface area contributed by atoms with E-state index in [2.05, 4.69) is 10.4 Å². The Hall–Kier alpha value is -2.83. The molecule has 0 saturated carbocycles. The van der Waals surface area contributed by atoms with Gasteiger partial charge in [-0.3, -0.25) is 4.79 Å². The molecule has 0 saturated heterocycles. The van der Waals surface area contributed by atoms with Crippen molar-refractivity contribution in [3.05, 3.63) is 87.7 Å². The van der Waals surface area contributed by atoms with Gasteiger partial charge in [0.1, 0.15) is 6.61 Å². The largest absolute Gasteiger partial charge is 0.443 e. The molecule has 0 fully saturated rings. The van der Waals surface area contributed by atoms with Gasteiger partial charge < -0.3 is 10.1 Å². The standard InChI is InChI=1S/C19H15Cl2N3O3/c20-15-7-3-1-5-13(15)11-22-18(25)17-9-10-24(23-17)19(26)27-12-14-6-2-4-8-16(14)21/h1-10H,11-12H2,(H,22,25). The molecule has 3 rings (SSSR count). The number of ether oxygens (including phenoxy) is 1. The van der Waals surface area contributed by atoms with Gasteiger partial charge in [-0.15, -0.1) is 0 Å². The summed E-state index contributed by atoms with van der Waals surface area (Å²) in [6.07, 6.45) is 0.652. The summed E-state index contributed by atoms with van der Waals surface area (Å²) < 4.78 is 6.12. The topological polar surface area (TPSA) is 73.2 Å². The maximum Gasteiger partial charge on any atom is 0.435 e. The van der Waals surface area contributed by atoms with E-state index >= 15 is 0 Å². The number of nitrogens with zero attached hydrogens (tertiary/aromatic N) is 2. The molecule has 3 aromatic rings. The van der Waals surface area contributed by atoms with E-state index < -0.39 is 12.0 Å². The second kappa shape index (κ2) is 8.70. The first kappa shape index (κ1) is 18.9. The molecule has 1 aromatic heterocycles. The van der Waals surface area contributed by atoms with Crippen LogP contribution in [-0.4, -0.2) is 21.8 Å². The summed E-state index contributed by atoms with van der Waals surface area (Å²) in [6, 6.07) is 15.7. The summed E-state index contributed by atoms with van der Waals surface area (Å²) in [5, 5.41) is 7.72. The number of nitrogens with one attached hydrogen (secondary N) is 1. The molecule has 6 nitrogen and oxygen atoms in total. The molecule has 27 heavy (non-hydrogen) atoms. The van der Waals surface area contributed by atoms with Crippen LogP contribution in [0.25, 0.3) is 0 Å². The normalized spacial score (nSPS) is 10.4. The Labute approximate surface area is 165 Å². The van der Waals surface area contributed by atoms with Crippen molar-refractivity contribution >= 4 is 35.2 Å². The third kappa shape index (κ3) is 4.87. The van der Waals surface area contributed by atoms with Crippen molar-refractivity contribution in [3.8, 4) is 0 Å². The predicted octanol–water partition coefficient (Wildman–Crippen LogP) is 4.30. The monoisotopic (exact) mass is 403 g/mol.